The van der Waals surface area contributed by atoms with Crippen LogP contribution in [0.4, 0.5) is 0 Å². The summed E-state index contributed by atoms with van der Waals surface area (Å²) >= 11 is 0. The van der Waals surface area contributed by atoms with Gasteiger partial charge >= 0.3 is 0 Å². The first-order valence-corrected chi connectivity index (χ1v) is 7.87. The third-order valence-electron chi connectivity index (χ3n) is 3.82. The zero-order chi connectivity index (χ0) is 16.0. The number of carbonyl (C=O) groups excluding carboxylic acids is 1. The number of rotatable bonds is 6. The van der Waals surface area contributed by atoms with E-state index in [2.05, 4.69) is 19.2 Å². The summed E-state index contributed by atoms with van der Waals surface area (Å²) in [6.45, 7) is 6.37. The van der Waals surface area contributed by atoms with Crippen LogP contribution in [0.2, 0.25) is 0 Å². The van der Waals surface area contributed by atoms with E-state index in [9.17, 15) is 4.79 Å². The van der Waals surface area contributed by atoms with Crippen molar-refractivity contribution in [3.05, 3.63) is 29.8 Å². The predicted molar refractivity (Wildman–Crippen MR) is 92.8 cm³/mol. The van der Waals surface area contributed by atoms with E-state index in [1.54, 1.807) is 0 Å². The Morgan fingerprint density at radius 3 is 2.65 bits per heavy atom. The van der Waals surface area contributed by atoms with Crippen LogP contribution in [0.25, 0.3) is 0 Å². The molecule has 1 aliphatic rings. The Hall–Kier alpha value is -1.30. The Morgan fingerprint density at radius 2 is 2.00 bits per heavy atom. The highest BCUT2D eigenvalue weighted by Gasteiger charge is 2.35. The molecular formula is C17H27ClN2O3. The number of halogens is 1. The molecule has 1 amide bonds. The lowest BCUT2D eigenvalue weighted by Gasteiger charge is -2.31. The maximum atomic E-state index is 12.3. The summed E-state index contributed by atoms with van der Waals surface area (Å²) in [6, 6.07) is 7.76. The van der Waals surface area contributed by atoms with Gasteiger partial charge in [-0.05, 0) is 24.8 Å². The number of nitrogens with two attached hydrogens (primary N) is 1. The number of carbonyl (C=O) groups is 1. The van der Waals surface area contributed by atoms with Crippen LogP contribution in [0.5, 0.6) is 5.75 Å². The molecule has 6 heteroatoms. The van der Waals surface area contributed by atoms with Crippen molar-refractivity contribution in [2.45, 2.75) is 38.8 Å². The van der Waals surface area contributed by atoms with E-state index in [1.165, 1.54) is 0 Å². The molecule has 5 nitrogen and oxygen atoms in total. The number of ether oxygens (including phenoxy) is 2. The van der Waals surface area contributed by atoms with Gasteiger partial charge in [0.1, 0.15) is 5.75 Å². The summed E-state index contributed by atoms with van der Waals surface area (Å²) in [6.07, 6.45) is 1.12. The van der Waals surface area contributed by atoms with E-state index in [0.717, 1.165) is 11.3 Å². The van der Waals surface area contributed by atoms with Gasteiger partial charge in [0.05, 0.1) is 12.1 Å². The van der Waals surface area contributed by atoms with Crippen LogP contribution in [0.1, 0.15) is 32.3 Å². The molecule has 0 aromatic heterocycles. The molecule has 0 saturated carbocycles. The second kappa shape index (κ2) is 9.11. The number of hydrogen-bond donors (Lipinski definition) is 2. The van der Waals surface area contributed by atoms with Gasteiger partial charge in [-0.3, -0.25) is 4.79 Å². The molecule has 0 aliphatic carbocycles. The fourth-order valence-electron chi connectivity index (χ4n) is 2.36. The van der Waals surface area contributed by atoms with Crippen molar-refractivity contribution in [1.82, 2.24) is 5.32 Å². The van der Waals surface area contributed by atoms with Crippen molar-refractivity contribution in [2.24, 2.45) is 11.7 Å². The van der Waals surface area contributed by atoms with E-state index >= 15 is 0 Å². The standard InChI is InChI=1S/C17H26N2O3.ClH/c1-13(2)12-22-15-6-4-3-5-14(15)11-19-16(20)17(18)7-9-21-10-8-17;/h3-6,13H,7-12,18H2,1-2H3,(H,19,20);1H. The van der Waals surface area contributed by atoms with Crippen molar-refractivity contribution in [3.8, 4) is 5.75 Å². The molecule has 0 unspecified atom stereocenters. The van der Waals surface area contributed by atoms with Crippen molar-refractivity contribution >= 4 is 18.3 Å². The first kappa shape index (κ1) is 19.7. The minimum atomic E-state index is -0.814. The zero-order valence-corrected chi connectivity index (χ0v) is 14.7. The SMILES string of the molecule is CC(C)COc1ccccc1CNC(=O)C1(N)CCOCC1.Cl. The minimum Gasteiger partial charge on any atom is -0.493 e. The molecule has 1 saturated heterocycles. The van der Waals surface area contributed by atoms with Crippen molar-refractivity contribution < 1.29 is 14.3 Å². The van der Waals surface area contributed by atoms with Gasteiger partial charge in [-0.1, -0.05) is 32.0 Å². The number of para-hydroxylation sites is 1. The Labute approximate surface area is 144 Å². The molecule has 2 rings (SSSR count). The van der Waals surface area contributed by atoms with E-state index in [1.807, 2.05) is 24.3 Å². The van der Waals surface area contributed by atoms with E-state index in [4.69, 9.17) is 15.2 Å². The molecule has 23 heavy (non-hydrogen) atoms. The summed E-state index contributed by atoms with van der Waals surface area (Å²) in [7, 11) is 0. The summed E-state index contributed by atoms with van der Waals surface area (Å²) in [5, 5.41) is 2.94. The molecule has 1 aromatic rings. The smallest absolute Gasteiger partial charge is 0.240 e. The number of benzene rings is 1. The Balaban J connectivity index is 0.00000264. The van der Waals surface area contributed by atoms with Crippen molar-refractivity contribution in [1.29, 1.82) is 0 Å². The zero-order valence-electron chi connectivity index (χ0n) is 13.8. The van der Waals surface area contributed by atoms with Gasteiger partial charge in [0, 0.05) is 25.3 Å². The Bertz CT molecular complexity index is 502. The number of amides is 1. The molecule has 1 aromatic carbocycles. The molecule has 1 fully saturated rings. The third-order valence-corrected chi connectivity index (χ3v) is 3.82. The lowest BCUT2D eigenvalue weighted by atomic mass is 9.90. The summed E-state index contributed by atoms with van der Waals surface area (Å²) in [4.78, 5) is 12.3. The average Bonchev–Trinajstić information content (AvgIpc) is 2.52. The highest BCUT2D eigenvalue weighted by atomic mass is 35.5. The average molecular weight is 343 g/mol. The largest absolute Gasteiger partial charge is 0.493 e. The van der Waals surface area contributed by atoms with Crippen LogP contribution in [0, 0.1) is 5.92 Å². The fraction of sp³-hybridized carbons (Fsp3) is 0.588. The predicted octanol–water partition coefficient (Wildman–Crippen LogP) is 2.27. The molecule has 0 bridgehead atoms. The van der Waals surface area contributed by atoms with Gasteiger partial charge in [-0.2, -0.15) is 0 Å². The molecule has 3 N–H and O–H groups in total. The summed E-state index contributed by atoms with van der Waals surface area (Å²) in [5.74, 6) is 1.15. The second-order valence-electron chi connectivity index (χ2n) is 6.26. The minimum absolute atomic E-state index is 0. The maximum Gasteiger partial charge on any atom is 0.240 e. The van der Waals surface area contributed by atoms with Crippen molar-refractivity contribution in [3.63, 3.8) is 0 Å². The van der Waals surface area contributed by atoms with Crippen LogP contribution in [-0.4, -0.2) is 31.3 Å². The van der Waals surface area contributed by atoms with E-state index in [0.29, 0.717) is 45.1 Å². The topological polar surface area (TPSA) is 73.6 Å². The number of nitrogens with one attached hydrogen (secondary N) is 1. The van der Waals surface area contributed by atoms with E-state index < -0.39 is 5.54 Å². The van der Waals surface area contributed by atoms with Gasteiger partial charge in [0.15, 0.2) is 0 Å². The van der Waals surface area contributed by atoms with Crippen LogP contribution >= 0.6 is 12.4 Å². The maximum absolute atomic E-state index is 12.3. The highest BCUT2D eigenvalue weighted by Crippen LogP contribution is 2.21. The highest BCUT2D eigenvalue weighted by molar-refractivity contribution is 5.86. The number of hydrogen-bond acceptors (Lipinski definition) is 4. The quantitative estimate of drug-likeness (QED) is 0.831. The lowest BCUT2D eigenvalue weighted by Crippen LogP contribution is -2.56. The van der Waals surface area contributed by atoms with Gasteiger partial charge in [0.2, 0.25) is 5.91 Å². The summed E-state index contributed by atoms with van der Waals surface area (Å²) < 4.78 is 11.1. The lowest BCUT2D eigenvalue weighted by molar-refractivity contribution is -0.129. The van der Waals surface area contributed by atoms with Gasteiger partial charge < -0.3 is 20.5 Å². The molecule has 1 heterocycles. The second-order valence-corrected chi connectivity index (χ2v) is 6.26. The summed E-state index contributed by atoms with van der Waals surface area (Å²) in [5.41, 5.74) is 6.33. The van der Waals surface area contributed by atoms with Gasteiger partial charge in [0.25, 0.3) is 0 Å². The molecule has 1 aliphatic heterocycles. The normalized spacial score (nSPS) is 16.5. The molecule has 0 spiro atoms. The van der Waals surface area contributed by atoms with Crippen LogP contribution in [0.15, 0.2) is 24.3 Å². The van der Waals surface area contributed by atoms with Crippen LogP contribution < -0.4 is 15.8 Å². The Kier molecular flexibility index (Phi) is 7.82. The molecule has 130 valence electrons. The monoisotopic (exact) mass is 342 g/mol. The molecule has 0 radical (unpaired) electrons. The van der Waals surface area contributed by atoms with Crippen molar-refractivity contribution in [2.75, 3.05) is 19.8 Å². The van der Waals surface area contributed by atoms with E-state index in [-0.39, 0.29) is 18.3 Å². The Morgan fingerprint density at radius 1 is 1.35 bits per heavy atom. The molecular weight excluding hydrogens is 316 g/mol. The fourth-order valence-corrected chi connectivity index (χ4v) is 2.36. The first-order chi connectivity index (χ1) is 10.5. The van der Waals surface area contributed by atoms with Gasteiger partial charge in [-0.15, -0.1) is 12.4 Å². The van der Waals surface area contributed by atoms with Crippen LogP contribution in [0.3, 0.4) is 0 Å². The van der Waals surface area contributed by atoms with Gasteiger partial charge in [-0.25, -0.2) is 0 Å². The van der Waals surface area contributed by atoms with Crippen LogP contribution in [-0.2, 0) is 16.1 Å². The molecule has 0 atom stereocenters. The third kappa shape index (κ3) is 5.68. The first-order valence-electron chi connectivity index (χ1n) is 7.87.